The number of Topliss-reactive ketones (excluding diaryl/α,β-unsaturated/α-hetero) is 1. The van der Waals surface area contributed by atoms with E-state index in [1.54, 1.807) is 28.0 Å². The maximum absolute atomic E-state index is 13.8. The Kier molecular flexibility index (Phi) is 3.99. The van der Waals surface area contributed by atoms with Gasteiger partial charge in [0.15, 0.2) is 5.78 Å². The second-order valence-electron chi connectivity index (χ2n) is 6.42. The van der Waals surface area contributed by atoms with Crippen LogP contribution in [0.4, 0.5) is 4.39 Å². The molecule has 1 amide bonds. The lowest BCUT2D eigenvalue weighted by Gasteiger charge is -2.30. The molecule has 0 radical (unpaired) electrons. The molecule has 3 aromatic rings. The van der Waals surface area contributed by atoms with Crippen LogP contribution in [0, 0.1) is 5.82 Å². The summed E-state index contributed by atoms with van der Waals surface area (Å²) < 4.78 is 15.4. The summed E-state index contributed by atoms with van der Waals surface area (Å²) in [5.41, 5.74) is 2.87. The number of likely N-dealkylation sites (tertiary alicyclic amines) is 1. The molecule has 0 atom stereocenters. The van der Waals surface area contributed by atoms with E-state index in [9.17, 15) is 14.0 Å². The third-order valence-electron chi connectivity index (χ3n) is 4.67. The Morgan fingerprint density at radius 3 is 2.65 bits per heavy atom. The zero-order chi connectivity index (χ0) is 18.3. The number of benzene rings is 1. The van der Waals surface area contributed by atoms with Crippen molar-refractivity contribution in [1.29, 1.82) is 0 Å². The average Bonchev–Trinajstić information content (AvgIpc) is 2.95. The lowest BCUT2D eigenvalue weighted by Crippen LogP contribution is -2.43. The number of hydrogen-bond donors (Lipinski definition) is 0. The topological polar surface area (TPSA) is 68.1 Å². The fourth-order valence-corrected chi connectivity index (χ4v) is 3.01. The number of carbonyl (C=O) groups is 2. The van der Waals surface area contributed by atoms with Gasteiger partial charge in [0.1, 0.15) is 17.9 Å². The van der Waals surface area contributed by atoms with E-state index < -0.39 is 5.82 Å². The van der Waals surface area contributed by atoms with Crippen molar-refractivity contribution in [3.63, 3.8) is 0 Å². The van der Waals surface area contributed by atoms with Gasteiger partial charge in [-0.1, -0.05) is 6.07 Å². The van der Waals surface area contributed by atoms with Crippen LogP contribution < -0.4 is 0 Å². The van der Waals surface area contributed by atoms with Crippen molar-refractivity contribution in [2.45, 2.75) is 19.9 Å². The molecule has 0 spiro atoms. The quantitative estimate of drug-likeness (QED) is 0.677. The highest BCUT2D eigenvalue weighted by Gasteiger charge is 2.21. The lowest BCUT2D eigenvalue weighted by atomic mass is 10.0. The van der Waals surface area contributed by atoms with Crippen LogP contribution in [0.5, 0.6) is 0 Å². The standard InChI is InChI=1S/C19H17FN4O2/c1-12(25)15-7-13(3-4-16(15)20)14-8-18-17(21-9-14)10-22-24(18)11-19(26)23-5-2-6-23/h3-4,7-10H,2,5-6,11H2,1H3. The first-order chi connectivity index (χ1) is 12.5. The highest BCUT2D eigenvalue weighted by molar-refractivity contribution is 5.95. The molecular weight excluding hydrogens is 335 g/mol. The van der Waals surface area contributed by atoms with Gasteiger partial charge in [-0.05, 0) is 37.1 Å². The molecule has 1 saturated heterocycles. The van der Waals surface area contributed by atoms with Crippen molar-refractivity contribution in [3.05, 3.63) is 48.0 Å². The predicted octanol–water partition coefficient (Wildman–Crippen LogP) is 2.67. The van der Waals surface area contributed by atoms with Crippen LogP contribution in [-0.4, -0.2) is 44.4 Å². The number of fused-ring (bicyclic) bond motifs is 1. The number of nitrogens with zero attached hydrogens (tertiary/aromatic N) is 4. The third-order valence-corrected chi connectivity index (χ3v) is 4.67. The second-order valence-corrected chi connectivity index (χ2v) is 6.42. The molecule has 0 aliphatic carbocycles. The first-order valence-electron chi connectivity index (χ1n) is 8.43. The number of amides is 1. The molecule has 0 N–H and O–H groups in total. The van der Waals surface area contributed by atoms with Crippen molar-refractivity contribution in [1.82, 2.24) is 19.7 Å². The monoisotopic (exact) mass is 352 g/mol. The highest BCUT2D eigenvalue weighted by atomic mass is 19.1. The Hall–Kier alpha value is -3.09. The van der Waals surface area contributed by atoms with Crippen LogP contribution in [0.3, 0.4) is 0 Å². The molecule has 6 nitrogen and oxygen atoms in total. The van der Waals surface area contributed by atoms with E-state index >= 15 is 0 Å². The van der Waals surface area contributed by atoms with Gasteiger partial charge < -0.3 is 4.90 Å². The molecular formula is C19H17FN4O2. The third kappa shape index (κ3) is 2.85. The van der Waals surface area contributed by atoms with Gasteiger partial charge in [-0.15, -0.1) is 0 Å². The smallest absolute Gasteiger partial charge is 0.244 e. The van der Waals surface area contributed by atoms with Gasteiger partial charge in [0, 0.05) is 24.8 Å². The average molecular weight is 352 g/mol. The summed E-state index contributed by atoms with van der Waals surface area (Å²) in [6, 6.07) is 6.26. The van der Waals surface area contributed by atoms with Crippen molar-refractivity contribution in [2.24, 2.45) is 0 Å². The van der Waals surface area contributed by atoms with Crippen molar-refractivity contribution >= 4 is 22.7 Å². The molecule has 7 heteroatoms. The molecule has 0 bridgehead atoms. The maximum Gasteiger partial charge on any atom is 0.244 e. The number of pyridine rings is 1. The van der Waals surface area contributed by atoms with E-state index in [1.807, 2.05) is 6.07 Å². The molecule has 1 fully saturated rings. The fraction of sp³-hybridized carbons (Fsp3) is 0.263. The van der Waals surface area contributed by atoms with Gasteiger partial charge in [0.2, 0.25) is 5.91 Å². The van der Waals surface area contributed by atoms with Gasteiger partial charge >= 0.3 is 0 Å². The number of hydrogen-bond acceptors (Lipinski definition) is 4. The molecule has 1 aliphatic heterocycles. The van der Waals surface area contributed by atoms with Crippen molar-refractivity contribution in [3.8, 4) is 11.1 Å². The Labute approximate surface area is 149 Å². The molecule has 0 unspecified atom stereocenters. The molecule has 2 aromatic heterocycles. The fourth-order valence-electron chi connectivity index (χ4n) is 3.01. The van der Waals surface area contributed by atoms with E-state index in [1.165, 1.54) is 19.1 Å². The van der Waals surface area contributed by atoms with Crippen molar-refractivity contribution in [2.75, 3.05) is 13.1 Å². The van der Waals surface area contributed by atoms with Gasteiger partial charge in [0.05, 0.1) is 17.3 Å². The van der Waals surface area contributed by atoms with E-state index in [4.69, 9.17) is 0 Å². The Bertz CT molecular complexity index is 1020. The molecule has 1 aliphatic rings. The molecule has 4 rings (SSSR count). The molecule has 0 saturated carbocycles. The summed E-state index contributed by atoms with van der Waals surface area (Å²) >= 11 is 0. The van der Waals surface area contributed by atoms with Crippen LogP contribution >= 0.6 is 0 Å². The minimum atomic E-state index is -0.541. The highest BCUT2D eigenvalue weighted by Crippen LogP contribution is 2.25. The predicted molar refractivity (Wildman–Crippen MR) is 94.1 cm³/mol. The SMILES string of the molecule is CC(=O)c1cc(-c2cnc3cnn(CC(=O)N4CCC4)c3c2)ccc1F. The summed E-state index contributed by atoms with van der Waals surface area (Å²) in [5, 5.41) is 4.26. The summed E-state index contributed by atoms with van der Waals surface area (Å²) in [6.45, 7) is 3.09. The van der Waals surface area contributed by atoms with Gasteiger partial charge in [0.25, 0.3) is 0 Å². The first-order valence-corrected chi connectivity index (χ1v) is 8.43. The van der Waals surface area contributed by atoms with Gasteiger partial charge in [-0.25, -0.2) is 4.39 Å². The molecule has 132 valence electrons. The largest absolute Gasteiger partial charge is 0.341 e. The Balaban J connectivity index is 1.71. The zero-order valence-corrected chi connectivity index (χ0v) is 14.3. The second kappa shape index (κ2) is 6.33. The van der Waals surface area contributed by atoms with E-state index in [2.05, 4.69) is 10.1 Å². The molecule has 1 aromatic carbocycles. The van der Waals surface area contributed by atoms with E-state index in [0.29, 0.717) is 11.1 Å². The van der Waals surface area contributed by atoms with Crippen LogP contribution in [0.2, 0.25) is 0 Å². The summed E-state index contributed by atoms with van der Waals surface area (Å²) in [4.78, 5) is 30.0. The summed E-state index contributed by atoms with van der Waals surface area (Å²) in [7, 11) is 0. The number of carbonyl (C=O) groups excluding carboxylic acids is 2. The van der Waals surface area contributed by atoms with Crippen LogP contribution in [0.1, 0.15) is 23.7 Å². The van der Waals surface area contributed by atoms with E-state index in [0.717, 1.165) is 30.6 Å². The summed E-state index contributed by atoms with van der Waals surface area (Å²) in [5.74, 6) is -0.837. The number of aromatic nitrogens is 3. The summed E-state index contributed by atoms with van der Waals surface area (Å²) in [6.07, 6.45) is 4.32. The minimum absolute atomic E-state index is 0.0345. The maximum atomic E-state index is 13.8. The Morgan fingerprint density at radius 1 is 1.15 bits per heavy atom. The first kappa shape index (κ1) is 16.4. The number of ketones is 1. The van der Waals surface area contributed by atoms with E-state index in [-0.39, 0.29) is 23.8 Å². The van der Waals surface area contributed by atoms with Crippen LogP contribution in [0.25, 0.3) is 22.2 Å². The van der Waals surface area contributed by atoms with Crippen LogP contribution in [0.15, 0.2) is 36.7 Å². The normalized spacial score (nSPS) is 13.7. The van der Waals surface area contributed by atoms with Gasteiger partial charge in [-0.2, -0.15) is 5.10 Å². The van der Waals surface area contributed by atoms with Gasteiger partial charge in [-0.3, -0.25) is 19.3 Å². The molecule has 3 heterocycles. The zero-order valence-electron chi connectivity index (χ0n) is 14.3. The minimum Gasteiger partial charge on any atom is -0.341 e. The van der Waals surface area contributed by atoms with Crippen LogP contribution in [-0.2, 0) is 11.3 Å². The van der Waals surface area contributed by atoms with Crippen molar-refractivity contribution < 1.29 is 14.0 Å². The molecule has 26 heavy (non-hydrogen) atoms. The number of rotatable bonds is 4. The lowest BCUT2D eigenvalue weighted by molar-refractivity contribution is -0.135. The number of halogens is 1. The Morgan fingerprint density at radius 2 is 1.96 bits per heavy atom.